The molecule has 129 heavy (non-hydrogen) atoms. The van der Waals surface area contributed by atoms with Crippen LogP contribution in [0.4, 0.5) is 0 Å². The molecule has 2 rings (SSSR count). The molecule has 0 bridgehead atoms. The zero-order chi connectivity index (χ0) is 97.5. The number of H-pyrrole nitrogens is 1. The minimum atomic E-state index is -1.89. The Labute approximate surface area is 758 Å². The molecule has 45 heteroatoms. The number of unbranched alkanes of at least 4 members (excludes halogenated alkanes) is 1. The first-order valence-corrected chi connectivity index (χ1v) is 45.0. The first-order valence-electron chi connectivity index (χ1n) is 43.6. The van der Waals surface area contributed by atoms with Crippen LogP contribution in [0.1, 0.15) is 192 Å². The van der Waals surface area contributed by atoms with Crippen molar-refractivity contribution in [3.05, 3.63) is 54.1 Å². The SMILES string of the molecule is CC[C@H](C)[C@H](NC(=O)[C@H](CC(N)=O)NC(=O)[C@@H](NC(=O)[C@H](Cc1cnc[nH]1)NC(=O)[C@H](CCCN=C(N)N)NC(=O)[C@@H](NC(=O)[C@H](CCCCN)NC(=O)[C@H](CCCN=C(N)N)NC(=O)[C@H](CC(C)C)NC(=O)[C@@H](NC(C)=O)C(C)C)[C@@H](C)O)C(C)C)C(=O)N[C@@H](CC(C)C)C(=O)N[C@@H](CC(C)C)C(=O)N[C@@H](Cc1ccccc1)C(=O)N[C@@H](CCSC)C(=O)NCC(=O)O. The summed E-state index contributed by atoms with van der Waals surface area (Å²) < 4.78 is 0. The largest absolute Gasteiger partial charge is 0.480 e. The van der Waals surface area contributed by atoms with Crippen molar-refractivity contribution in [3.8, 4) is 0 Å². The van der Waals surface area contributed by atoms with E-state index in [9.17, 15) is 91.7 Å². The standard InChI is InChI=1S/C84H143N25O19S/c1-16-48(12)67(81(127)105-59(36-45(6)7)75(121)101-57(34-43(2)3)74(120)102-60(37-51-24-18-17-19-25-51)76(122)99-56(29-33-129-15)69(115)94-41-64(113)114)108-78(124)62(39-63(86)112)106-80(126)66(47(10)11)107-77(123)61(38-52-40-91-42-95-52)103-71(117)55(28-23-32-93-84(89)90)100-82(128)68(49(13)110)109-72(118)53(26-20-21-30-85)97-70(116)54(27-22-31-92-83(87)88)98-73(119)58(35-44(4)5)104-79(125)65(46(8)9)96-50(14)111/h17-19,24-25,40,42-49,53-62,65-68,110H,16,20-23,26-39,41,85H2,1-15H3,(H2,86,112)(H,91,95)(H,94,115)(H,96,111)(H,97,116)(H,98,119)(H,99,122)(H,100,128)(H,101,121)(H,102,120)(H,103,117)(H,104,125)(H,105,127)(H,106,126)(H,107,123)(H,108,124)(H,109,118)(H,113,114)(H4,87,88,92)(H4,89,90,93)/t48-,49+,53-,54-,55-,56-,57-,58-,59-,60-,61-,62-,65-,66-,67-,68-/m0/s1. The number of aliphatic imine (C=N–C) groups is 2. The van der Waals surface area contributed by atoms with Gasteiger partial charge in [-0.1, -0.05) is 120 Å². The molecule has 1 aromatic carbocycles. The number of thioether (sulfide) groups is 1. The van der Waals surface area contributed by atoms with Gasteiger partial charge in [-0.2, -0.15) is 11.8 Å². The van der Waals surface area contributed by atoms with Crippen LogP contribution in [0.15, 0.2) is 52.8 Å². The number of aliphatic hydroxyl groups excluding tert-OH is 1. The molecule has 0 aliphatic carbocycles. The van der Waals surface area contributed by atoms with Crippen molar-refractivity contribution in [1.29, 1.82) is 0 Å². The fraction of sp³-hybridized carbons (Fsp3) is 0.667. The number of carbonyl (C=O) groups excluding carboxylic acids is 16. The highest BCUT2D eigenvalue weighted by Crippen LogP contribution is 2.18. The van der Waals surface area contributed by atoms with E-state index in [1.165, 1.54) is 45.1 Å². The predicted octanol–water partition coefficient (Wildman–Crippen LogP) is -4.06. The molecule has 0 saturated carbocycles. The Morgan fingerprint density at radius 2 is 0.798 bits per heavy atom. The second-order valence-corrected chi connectivity index (χ2v) is 35.0. The number of aliphatic carboxylic acids is 1. The number of aromatic amines is 1. The minimum Gasteiger partial charge on any atom is -0.480 e. The number of aliphatic hydroxyl groups is 1. The molecule has 0 aliphatic rings. The van der Waals surface area contributed by atoms with Crippen LogP contribution < -0.4 is 114 Å². The van der Waals surface area contributed by atoms with Gasteiger partial charge in [0.15, 0.2) is 11.9 Å². The highest BCUT2D eigenvalue weighted by molar-refractivity contribution is 7.98. The lowest BCUT2D eigenvalue weighted by Gasteiger charge is -2.31. The van der Waals surface area contributed by atoms with Gasteiger partial charge in [0.25, 0.3) is 0 Å². The van der Waals surface area contributed by atoms with Crippen LogP contribution in [-0.4, -0.2) is 261 Å². The summed E-state index contributed by atoms with van der Waals surface area (Å²) in [6.45, 7) is 22.2. The first-order chi connectivity index (χ1) is 60.6. The van der Waals surface area contributed by atoms with Crippen LogP contribution in [0.25, 0.3) is 0 Å². The number of nitrogens with zero attached hydrogens (tertiary/aromatic N) is 3. The Hall–Kier alpha value is -11.8. The number of amides is 16. The average Bonchev–Trinajstić information content (AvgIpc) is 1.40. The number of imidazole rings is 1. The number of carboxylic acid groups (broad SMARTS) is 1. The van der Waals surface area contributed by atoms with Gasteiger partial charge >= 0.3 is 5.97 Å². The van der Waals surface area contributed by atoms with Crippen molar-refractivity contribution < 1.29 is 91.7 Å². The molecule has 16 atom stereocenters. The molecule has 2 aromatic rings. The molecule has 0 fully saturated rings. The van der Waals surface area contributed by atoms with Gasteiger partial charge in [-0.05, 0) is 137 Å². The van der Waals surface area contributed by atoms with Gasteiger partial charge in [0.1, 0.15) is 91.1 Å². The number of benzene rings is 1. The van der Waals surface area contributed by atoms with Crippen LogP contribution in [0, 0.1) is 35.5 Å². The number of aromatic nitrogens is 2. The Bertz CT molecular complexity index is 4030. The number of nitrogens with two attached hydrogens (primary N) is 6. The van der Waals surface area contributed by atoms with E-state index < -0.39 is 222 Å². The molecule has 724 valence electrons. The zero-order valence-corrected chi connectivity index (χ0v) is 77.7. The van der Waals surface area contributed by atoms with E-state index in [1.807, 2.05) is 0 Å². The summed E-state index contributed by atoms with van der Waals surface area (Å²) in [7, 11) is 0. The van der Waals surface area contributed by atoms with Crippen molar-refractivity contribution >= 4 is 124 Å². The van der Waals surface area contributed by atoms with E-state index in [0.29, 0.717) is 17.7 Å². The fourth-order valence-electron chi connectivity index (χ4n) is 13.3. The van der Waals surface area contributed by atoms with E-state index in [1.54, 1.807) is 106 Å². The summed E-state index contributed by atoms with van der Waals surface area (Å²) in [5.41, 5.74) is 34.8. The number of primary amides is 1. The van der Waals surface area contributed by atoms with Crippen LogP contribution >= 0.6 is 11.8 Å². The quantitative estimate of drug-likeness (QED) is 0.0170. The normalized spacial score (nSPS) is 15.0. The molecule has 0 spiro atoms. The molecule has 0 unspecified atom stereocenters. The Kier molecular flexibility index (Phi) is 52.1. The second-order valence-electron chi connectivity index (χ2n) is 34.0. The number of guanidine groups is 2. The lowest BCUT2D eigenvalue weighted by Crippen LogP contribution is -2.63. The minimum absolute atomic E-state index is 0.00174. The third kappa shape index (κ3) is 44.2. The molecule has 1 heterocycles. The van der Waals surface area contributed by atoms with E-state index in [2.05, 4.69) is 99.7 Å². The molecule has 1 aromatic heterocycles. The van der Waals surface area contributed by atoms with Crippen molar-refractivity contribution in [2.75, 3.05) is 38.2 Å². The van der Waals surface area contributed by atoms with E-state index in [0.717, 1.165) is 6.92 Å². The van der Waals surface area contributed by atoms with Crippen molar-refractivity contribution in [3.63, 3.8) is 0 Å². The summed E-state index contributed by atoms with van der Waals surface area (Å²) in [6, 6.07) is -11.9. The van der Waals surface area contributed by atoms with Crippen LogP contribution in [0.5, 0.6) is 0 Å². The maximum Gasteiger partial charge on any atom is 0.322 e. The van der Waals surface area contributed by atoms with Crippen molar-refractivity contribution in [1.82, 2.24) is 89.7 Å². The Morgan fingerprint density at radius 3 is 1.21 bits per heavy atom. The van der Waals surface area contributed by atoms with Gasteiger partial charge in [0, 0.05) is 44.7 Å². The van der Waals surface area contributed by atoms with E-state index in [-0.39, 0.29) is 138 Å². The topological polar surface area (TPSA) is 721 Å². The number of hydrogen-bond acceptors (Lipinski definition) is 23. The van der Waals surface area contributed by atoms with Crippen LogP contribution in [0.2, 0.25) is 0 Å². The lowest BCUT2D eigenvalue weighted by atomic mass is 9.95. The van der Waals surface area contributed by atoms with E-state index >= 15 is 0 Å². The lowest BCUT2D eigenvalue weighted by molar-refractivity contribution is -0.138. The predicted molar refractivity (Wildman–Crippen MR) is 485 cm³/mol. The van der Waals surface area contributed by atoms with Gasteiger partial charge in [-0.25, -0.2) is 4.98 Å². The smallest absolute Gasteiger partial charge is 0.322 e. The van der Waals surface area contributed by atoms with Crippen molar-refractivity contribution in [2.45, 2.75) is 284 Å². The van der Waals surface area contributed by atoms with Crippen molar-refractivity contribution in [2.24, 2.45) is 79.9 Å². The van der Waals surface area contributed by atoms with Crippen LogP contribution in [-0.2, 0) is 94.3 Å². The third-order valence-electron chi connectivity index (χ3n) is 20.4. The number of carboxylic acids is 1. The molecule has 0 aliphatic heterocycles. The molecule has 0 radical (unpaired) electrons. The maximum absolute atomic E-state index is 14.9. The molecular formula is C84H143N25O19S. The highest BCUT2D eigenvalue weighted by atomic mass is 32.2. The summed E-state index contributed by atoms with van der Waals surface area (Å²) in [4.78, 5) is 253. The number of rotatable bonds is 62. The summed E-state index contributed by atoms with van der Waals surface area (Å²) in [5, 5.41) is 59.7. The van der Waals surface area contributed by atoms with Gasteiger partial charge < -0.3 is 129 Å². The molecule has 30 N–H and O–H groups in total. The maximum atomic E-state index is 14.9. The van der Waals surface area contributed by atoms with Gasteiger partial charge in [0.2, 0.25) is 94.5 Å². The summed E-state index contributed by atoms with van der Waals surface area (Å²) in [5.74, 6) is -18.6. The Morgan fingerprint density at radius 1 is 0.434 bits per heavy atom. The van der Waals surface area contributed by atoms with E-state index in [4.69, 9.17) is 34.4 Å². The molecular weight excluding hydrogens is 1700 g/mol. The molecule has 44 nitrogen and oxygen atoms in total. The third-order valence-corrected chi connectivity index (χ3v) is 21.0. The second kappa shape index (κ2) is 59.4. The average molecular weight is 1840 g/mol. The van der Waals surface area contributed by atoms with Gasteiger partial charge in [-0.3, -0.25) is 91.5 Å². The van der Waals surface area contributed by atoms with Crippen LogP contribution in [0.3, 0.4) is 0 Å². The Balaban J connectivity index is 2.62. The zero-order valence-electron chi connectivity index (χ0n) is 76.9. The monoisotopic (exact) mass is 1840 g/mol. The molecule has 16 amide bonds. The number of carbonyl (C=O) groups is 17. The molecule has 0 saturated heterocycles. The van der Waals surface area contributed by atoms with Gasteiger partial charge in [0.05, 0.1) is 18.9 Å². The fourth-order valence-corrected chi connectivity index (χ4v) is 13.8. The van der Waals surface area contributed by atoms with Gasteiger partial charge in [-0.15, -0.1) is 0 Å². The first kappa shape index (κ1) is 113. The number of nitrogens with one attached hydrogen (secondary N) is 16. The summed E-state index contributed by atoms with van der Waals surface area (Å²) in [6.07, 6.45) is 1.88. The number of hydrogen-bond donors (Lipinski definition) is 24. The highest BCUT2D eigenvalue weighted by Gasteiger charge is 2.41. The summed E-state index contributed by atoms with van der Waals surface area (Å²) >= 11 is 1.38.